The molecular weight excluding hydrogens is 282 g/mol. The molecule has 2 amide bonds. The number of rotatable bonds is 2. The highest BCUT2D eigenvalue weighted by atomic mass is 16.6. The molecule has 0 aromatic rings. The van der Waals surface area contributed by atoms with Gasteiger partial charge in [-0.25, -0.2) is 9.69 Å². The summed E-state index contributed by atoms with van der Waals surface area (Å²) in [4.78, 5) is 26.0. The molecule has 2 saturated heterocycles. The Morgan fingerprint density at radius 3 is 2.50 bits per heavy atom. The molecule has 2 rings (SSSR count). The first-order valence-corrected chi connectivity index (χ1v) is 8.25. The first-order chi connectivity index (χ1) is 10.1. The van der Waals surface area contributed by atoms with E-state index in [-0.39, 0.29) is 42.6 Å². The number of hydrogen-bond acceptors (Lipinski definition) is 4. The van der Waals surface area contributed by atoms with Gasteiger partial charge in [-0.3, -0.25) is 4.79 Å². The smallest absolute Gasteiger partial charge is 0.416 e. The van der Waals surface area contributed by atoms with Crippen molar-refractivity contribution in [1.29, 1.82) is 0 Å². The van der Waals surface area contributed by atoms with Crippen LogP contribution in [0.15, 0.2) is 0 Å². The van der Waals surface area contributed by atoms with Crippen molar-refractivity contribution in [3.8, 4) is 0 Å². The second-order valence-corrected chi connectivity index (χ2v) is 7.98. The third-order valence-electron chi connectivity index (χ3n) is 5.11. The predicted octanol–water partition coefficient (Wildman–Crippen LogP) is 3.22. The molecule has 2 heterocycles. The Morgan fingerprint density at radius 1 is 1.27 bits per heavy atom. The van der Waals surface area contributed by atoms with Gasteiger partial charge in [0.2, 0.25) is 5.91 Å². The minimum absolute atomic E-state index is 0.125. The molecule has 0 aromatic heterocycles. The van der Waals surface area contributed by atoms with Gasteiger partial charge >= 0.3 is 6.09 Å². The number of imide groups is 1. The number of carbonyl (C=O) groups is 2. The molecule has 5 heteroatoms. The highest BCUT2D eigenvalue weighted by Gasteiger charge is 2.45. The Labute approximate surface area is 133 Å². The molecule has 0 unspecified atom stereocenters. The molecule has 0 spiro atoms. The lowest BCUT2D eigenvalue weighted by molar-refractivity contribution is -0.142. The van der Waals surface area contributed by atoms with E-state index in [4.69, 9.17) is 9.47 Å². The molecule has 2 aliphatic rings. The summed E-state index contributed by atoms with van der Waals surface area (Å²) in [6, 6.07) is -0.207. The number of nitrogens with zero attached hydrogens (tertiary/aromatic N) is 1. The number of cyclic esters (lactones) is 1. The molecule has 0 bridgehead atoms. The molecule has 2 aliphatic heterocycles. The Kier molecular flexibility index (Phi) is 4.85. The summed E-state index contributed by atoms with van der Waals surface area (Å²) in [6.45, 7) is 12.7. The van der Waals surface area contributed by atoms with Crippen LogP contribution in [0.25, 0.3) is 0 Å². The van der Waals surface area contributed by atoms with Gasteiger partial charge in [0.05, 0.1) is 24.7 Å². The second kappa shape index (κ2) is 6.19. The van der Waals surface area contributed by atoms with E-state index in [0.29, 0.717) is 11.8 Å². The molecule has 0 saturated carbocycles. The van der Waals surface area contributed by atoms with Crippen LogP contribution in [0.2, 0.25) is 0 Å². The molecule has 2 fully saturated rings. The first kappa shape index (κ1) is 17.3. The lowest BCUT2D eigenvalue weighted by atomic mass is 9.82. The average molecular weight is 311 g/mol. The first-order valence-electron chi connectivity index (χ1n) is 8.25. The molecule has 0 radical (unpaired) electrons. The summed E-state index contributed by atoms with van der Waals surface area (Å²) < 4.78 is 11.1. The van der Waals surface area contributed by atoms with Gasteiger partial charge in [-0.1, -0.05) is 34.6 Å². The lowest BCUT2D eigenvalue weighted by Crippen LogP contribution is -2.48. The van der Waals surface area contributed by atoms with Crippen molar-refractivity contribution < 1.29 is 19.1 Å². The third kappa shape index (κ3) is 3.45. The zero-order chi connectivity index (χ0) is 16.7. The number of hydrogen-bond donors (Lipinski definition) is 0. The quantitative estimate of drug-likeness (QED) is 0.785. The van der Waals surface area contributed by atoms with E-state index in [1.165, 1.54) is 4.90 Å². The topological polar surface area (TPSA) is 55.8 Å². The predicted molar refractivity (Wildman–Crippen MR) is 83.3 cm³/mol. The van der Waals surface area contributed by atoms with Gasteiger partial charge in [-0.15, -0.1) is 0 Å². The molecule has 126 valence electrons. The van der Waals surface area contributed by atoms with Crippen molar-refractivity contribution in [1.82, 2.24) is 4.90 Å². The van der Waals surface area contributed by atoms with Gasteiger partial charge in [-0.2, -0.15) is 0 Å². The number of carbonyl (C=O) groups excluding carboxylic acids is 2. The van der Waals surface area contributed by atoms with Crippen molar-refractivity contribution in [2.45, 2.75) is 72.6 Å². The zero-order valence-corrected chi connectivity index (χ0v) is 14.6. The van der Waals surface area contributed by atoms with Crippen LogP contribution in [0.1, 0.15) is 54.4 Å². The minimum Gasteiger partial charge on any atom is -0.447 e. The lowest BCUT2D eigenvalue weighted by Gasteiger charge is -2.39. The van der Waals surface area contributed by atoms with Gasteiger partial charge in [0.15, 0.2) is 0 Å². The van der Waals surface area contributed by atoms with Gasteiger partial charge < -0.3 is 9.47 Å². The average Bonchev–Trinajstić information content (AvgIpc) is 2.77. The Hall–Kier alpha value is -1.10. The number of ether oxygens (including phenoxy) is 2. The van der Waals surface area contributed by atoms with Crippen LogP contribution in [-0.4, -0.2) is 41.8 Å². The van der Waals surface area contributed by atoms with Crippen molar-refractivity contribution in [3.05, 3.63) is 0 Å². The maximum atomic E-state index is 12.7. The standard InChI is InChI=1S/C17H29NO4/c1-10-7-11(2)22-13(12(10)3)8-15(19)18-14(17(4,5)6)9-21-16(18)20/h10-14H,7-9H2,1-6H3/t10-,11+,12+,13+,14-/m1/s1. The van der Waals surface area contributed by atoms with Crippen LogP contribution in [0.5, 0.6) is 0 Å². The summed E-state index contributed by atoms with van der Waals surface area (Å²) in [5.41, 5.74) is -0.193. The van der Waals surface area contributed by atoms with Crippen LogP contribution >= 0.6 is 0 Å². The van der Waals surface area contributed by atoms with E-state index in [9.17, 15) is 9.59 Å². The van der Waals surface area contributed by atoms with E-state index in [1.807, 2.05) is 27.7 Å². The SMILES string of the molecule is C[C@H]1[C@H](C)C[C@H](C)O[C@H]1CC(=O)N1C(=O)OC[C@@H]1C(C)(C)C. The molecule has 5 nitrogen and oxygen atoms in total. The van der Waals surface area contributed by atoms with Crippen LogP contribution in [0, 0.1) is 17.3 Å². The summed E-state index contributed by atoms with van der Waals surface area (Å²) in [5.74, 6) is 0.651. The fraction of sp³-hybridized carbons (Fsp3) is 0.882. The molecular formula is C17H29NO4. The fourth-order valence-corrected chi connectivity index (χ4v) is 3.42. The molecule has 0 N–H and O–H groups in total. The summed E-state index contributed by atoms with van der Waals surface area (Å²) >= 11 is 0. The maximum absolute atomic E-state index is 12.7. The van der Waals surface area contributed by atoms with E-state index >= 15 is 0 Å². The zero-order valence-electron chi connectivity index (χ0n) is 14.6. The van der Waals surface area contributed by atoms with E-state index < -0.39 is 6.09 Å². The Morgan fingerprint density at radius 2 is 1.91 bits per heavy atom. The van der Waals surface area contributed by atoms with E-state index in [1.54, 1.807) is 0 Å². The monoisotopic (exact) mass is 311 g/mol. The van der Waals surface area contributed by atoms with Crippen LogP contribution in [0.3, 0.4) is 0 Å². The van der Waals surface area contributed by atoms with Crippen LogP contribution in [0.4, 0.5) is 4.79 Å². The fourth-order valence-electron chi connectivity index (χ4n) is 3.42. The van der Waals surface area contributed by atoms with Gasteiger partial charge in [0.25, 0.3) is 0 Å². The van der Waals surface area contributed by atoms with Gasteiger partial charge in [0.1, 0.15) is 6.61 Å². The second-order valence-electron chi connectivity index (χ2n) is 7.98. The highest BCUT2D eigenvalue weighted by molar-refractivity contribution is 5.93. The van der Waals surface area contributed by atoms with E-state index in [0.717, 1.165) is 6.42 Å². The molecule has 5 atom stereocenters. The highest BCUT2D eigenvalue weighted by Crippen LogP contribution is 2.34. The van der Waals surface area contributed by atoms with E-state index in [2.05, 4.69) is 13.8 Å². The largest absolute Gasteiger partial charge is 0.447 e. The number of amides is 2. The summed E-state index contributed by atoms with van der Waals surface area (Å²) in [6.07, 6.45) is 0.780. The Bertz CT molecular complexity index is 442. The summed E-state index contributed by atoms with van der Waals surface area (Å²) in [5, 5.41) is 0. The third-order valence-corrected chi connectivity index (χ3v) is 5.11. The maximum Gasteiger partial charge on any atom is 0.416 e. The summed E-state index contributed by atoms with van der Waals surface area (Å²) in [7, 11) is 0. The minimum atomic E-state index is -0.519. The normalized spacial score (nSPS) is 36.4. The van der Waals surface area contributed by atoms with Gasteiger partial charge in [-0.05, 0) is 30.6 Å². The molecule has 0 aliphatic carbocycles. The molecule has 22 heavy (non-hydrogen) atoms. The van der Waals surface area contributed by atoms with Crippen molar-refractivity contribution in [2.24, 2.45) is 17.3 Å². The van der Waals surface area contributed by atoms with Crippen LogP contribution < -0.4 is 0 Å². The van der Waals surface area contributed by atoms with Crippen molar-refractivity contribution in [3.63, 3.8) is 0 Å². The molecule has 0 aromatic carbocycles. The van der Waals surface area contributed by atoms with Crippen molar-refractivity contribution >= 4 is 12.0 Å². The van der Waals surface area contributed by atoms with Gasteiger partial charge in [0, 0.05) is 0 Å². The Balaban J connectivity index is 2.08. The van der Waals surface area contributed by atoms with Crippen LogP contribution in [-0.2, 0) is 14.3 Å². The van der Waals surface area contributed by atoms with Crippen molar-refractivity contribution in [2.75, 3.05) is 6.61 Å².